The first kappa shape index (κ1) is 11.6. The average molecular weight is 279 g/mol. The number of rotatable bonds is 0. The first-order chi connectivity index (χ1) is 10.2. The van der Waals surface area contributed by atoms with Crippen molar-refractivity contribution in [2.45, 2.75) is 24.4 Å². The normalized spacial score (nSPS) is 30.2. The van der Waals surface area contributed by atoms with Crippen molar-refractivity contribution in [1.82, 2.24) is 4.98 Å². The number of pyridine rings is 1. The van der Waals surface area contributed by atoms with Crippen molar-refractivity contribution >= 4 is 21.7 Å². The summed E-state index contributed by atoms with van der Waals surface area (Å²) in [7, 11) is 0. The van der Waals surface area contributed by atoms with E-state index in [4.69, 9.17) is 4.74 Å². The Morgan fingerprint density at radius 1 is 1.00 bits per heavy atom. The van der Waals surface area contributed by atoms with E-state index in [0.29, 0.717) is 5.69 Å². The molecule has 1 fully saturated rings. The highest BCUT2D eigenvalue weighted by Gasteiger charge is 2.54. The minimum atomic E-state index is -0.980. The number of ether oxygens (including phenoxy) is 1. The van der Waals surface area contributed by atoms with Crippen molar-refractivity contribution < 1.29 is 14.9 Å². The molecule has 21 heavy (non-hydrogen) atoms. The van der Waals surface area contributed by atoms with Gasteiger partial charge in [-0.25, -0.2) is 4.98 Å². The van der Waals surface area contributed by atoms with Crippen LogP contribution >= 0.6 is 0 Å². The molecule has 3 aromatic rings. The van der Waals surface area contributed by atoms with Crippen molar-refractivity contribution in [2.24, 2.45) is 0 Å². The zero-order valence-corrected chi connectivity index (χ0v) is 11.1. The Hall–Kier alpha value is -2.01. The Balaban J connectivity index is 1.87. The SMILES string of the molecule is OC1c2nc3c(ccc4ccccc43)cc2C2OC2C1O. The molecule has 0 radical (unpaired) electrons. The first-order valence-corrected chi connectivity index (χ1v) is 7.08. The largest absolute Gasteiger partial charge is 0.387 e. The molecule has 0 amide bonds. The molecule has 0 saturated carbocycles. The van der Waals surface area contributed by atoms with Crippen LogP contribution in [-0.2, 0) is 4.74 Å². The van der Waals surface area contributed by atoms with Crippen LogP contribution in [-0.4, -0.2) is 27.4 Å². The quantitative estimate of drug-likeness (QED) is 0.489. The number of benzene rings is 2. The summed E-state index contributed by atoms with van der Waals surface area (Å²) in [4.78, 5) is 4.66. The van der Waals surface area contributed by atoms with Crippen LogP contribution in [0.1, 0.15) is 23.5 Å². The fraction of sp³-hybridized carbons (Fsp3) is 0.235. The average Bonchev–Trinajstić information content (AvgIpc) is 3.32. The lowest BCUT2D eigenvalue weighted by Crippen LogP contribution is -2.29. The Bertz CT molecular complexity index is 892. The smallest absolute Gasteiger partial charge is 0.125 e. The van der Waals surface area contributed by atoms with E-state index in [0.717, 1.165) is 27.2 Å². The summed E-state index contributed by atoms with van der Waals surface area (Å²) in [5, 5.41) is 23.5. The van der Waals surface area contributed by atoms with Gasteiger partial charge in [-0.3, -0.25) is 0 Å². The van der Waals surface area contributed by atoms with Crippen LogP contribution in [0.5, 0.6) is 0 Å². The van der Waals surface area contributed by atoms with Crippen LogP contribution < -0.4 is 0 Å². The molecule has 0 spiro atoms. The minimum absolute atomic E-state index is 0.123. The summed E-state index contributed by atoms with van der Waals surface area (Å²) in [5.41, 5.74) is 2.31. The van der Waals surface area contributed by atoms with E-state index in [1.807, 2.05) is 36.4 Å². The van der Waals surface area contributed by atoms with Crippen LogP contribution in [0, 0.1) is 0 Å². The van der Waals surface area contributed by atoms with Gasteiger partial charge >= 0.3 is 0 Å². The van der Waals surface area contributed by atoms with Crippen molar-refractivity contribution in [3.8, 4) is 0 Å². The summed E-state index contributed by atoms with van der Waals surface area (Å²) in [6, 6.07) is 14.2. The molecule has 4 nitrogen and oxygen atoms in total. The van der Waals surface area contributed by atoms with E-state index in [2.05, 4.69) is 11.1 Å². The van der Waals surface area contributed by atoms with E-state index in [1.54, 1.807) is 0 Å². The number of nitrogens with zero attached hydrogens (tertiary/aromatic N) is 1. The maximum atomic E-state index is 10.3. The molecule has 4 heteroatoms. The third kappa shape index (κ3) is 1.47. The first-order valence-electron chi connectivity index (χ1n) is 7.08. The van der Waals surface area contributed by atoms with Crippen molar-refractivity contribution in [3.05, 3.63) is 53.7 Å². The number of aliphatic hydroxyl groups is 2. The van der Waals surface area contributed by atoms with Crippen LogP contribution in [0.4, 0.5) is 0 Å². The highest BCUT2D eigenvalue weighted by atomic mass is 16.6. The van der Waals surface area contributed by atoms with Crippen LogP contribution in [0.25, 0.3) is 21.7 Å². The zero-order chi connectivity index (χ0) is 14.1. The van der Waals surface area contributed by atoms with Crippen LogP contribution in [0.2, 0.25) is 0 Å². The second kappa shape index (κ2) is 3.80. The molecular formula is C17H13NO3. The van der Waals surface area contributed by atoms with Gasteiger partial charge in [-0.1, -0.05) is 36.4 Å². The maximum Gasteiger partial charge on any atom is 0.125 e. The van der Waals surface area contributed by atoms with Crippen LogP contribution in [0.15, 0.2) is 42.5 Å². The lowest BCUT2D eigenvalue weighted by Gasteiger charge is -2.22. The Kier molecular flexibility index (Phi) is 2.10. The standard InChI is InChI=1S/C17H13NO3/c19-14-13-11(16-17(21-16)15(14)20)7-9-6-5-8-3-1-2-4-10(8)12(9)18-13/h1-7,14-17,19-20H. The van der Waals surface area contributed by atoms with E-state index < -0.39 is 12.2 Å². The van der Waals surface area contributed by atoms with E-state index in [-0.39, 0.29) is 12.2 Å². The molecule has 2 heterocycles. The van der Waals surface area contributed by atoms with Gasteiger partial charge in [-0.15, -0.1) is 0 Å². The van der Waals surface area contributed by atoms with Crippen molar-refractivity contribution in [1.29, 1.82) is 0 Å². The molecule has 1 aliphatic carbocycles. The lowest BCUT2D eigenvalue weighted by atomic mass is 9.90. The summed E-state index contributed by atoms with van der Waals surface area (Å²) >= 11 is 0. The third-order valence-corrected chi connectivity index (χ3v) is 4.54. The predicted molar refractivity (Wildman–Crippen MR) is 77.8 cm³/mol. The number of hydrogen-bond donors (Lipinski definition) is 2. The Morgan fingerprint density at radius 3 is 2.71 bits per heavy atom. The number of hydrogen-bond acceptors (Lipinski definition) is 4. The van der Waals surface area contributed by atoms with E-state index in [9.17, 15) is 10.2 Å². The monoisotopic (exact) mass is 279 g/mol. The summed E-state index contributed by atoms with van der Waals surface area (Å²) in [6.07, 6.45) is -2.27. The number of epoxide rings is 1. The van der Waals surface area contributed by atoms with Gasteiger partial charge in [0.2, 0.25) is 0 Å². The molecule has 2 aliphatic rings. The third-order valence-electron chi connectivity index (χ3n) is 4.54. The molecule has 0 bridgehead atoms. The molecule has 4 atom stereocenters. The van der Waals surface area contributed by atoms with Crippen molar-refractivity contribution in [3.63, 3.8) is 0 Å². The molecule has 104 valence electrons. The molecule has 1 aromatic heterocycles. The summed E-state index contributed by atoms with van der Waals surface area (Å²) in [5.74, 6) is 0. The van der Waals surface area contributed by atoms with Gasteiger partial charge in [0.05, 0.1) is 11.2 Å². The van der Waals surface area contributed by atoms with E-state index >= 15 is 0 Å². The maximum absolute atomic E-state index is 10.3. The highest BCUT2D eigenvalue weighted by molar-refractivity contribution is 6.05. The Morgan fingerprint density at radius 2 is 1.81 bits per heavy atom. The van der Waals surface area contributed by atoms with E-state index in [1.165, 1.54) is 0 Å². The van der Waals surface area contributed by atoms with Gasteiger partial charge in [0.25, 0.3) is 0 Å². The Labute approximate surface area is 120 Å². The molecular weight excluding hydrogens is 266 g/mol. The summed E-state index contributed by atoms with van der Waals surface area (Å²) in [6.45, 7) is 0. The van der Waals surface area contributed by atoms with Gasteiger partial charge in [0.15, 0.2) is 0 Å². The molecule has 1 aliphatic heterocycles. The second-order valence-corrected chi connectivity index (χ2v) is 5.78. The topological polar surface area (TPSA) is 65.9 Å². The fourth-order valence-corrected chi connectivity index (χ4v) is 3.38. The lowest BCUT2D eigenvalue weighted by molar-refractivity contribution is -0.00224. The van der Waals surface area contributed by atoms with Crippen molar-refractivity contribution in [2.75, 3.05) is 0 Å². The van der Waals surface area contributed by atoms with Gasteiger partial charge in [0.1, 0.15) is 24.4 Å². The molecule has 1 saturated heterocycles. The molecule has 5 rings (SSSR count). The van der Waals surface area contributed by atoms with Gasteiger partial charge < -0.3 is 14.9 Å². The minimum Gasteiger partial charge on any atom is -0.387 e. The second-order valence-electron chi connectivity index (χ2n) is 5.78. The molecule has 2 N–H and O–H groups in total. The zero-order valence-electron chi connectivity index (χ0n) is 11.1. The number of aliphatic hydroxyl groups excluding tert-OH is 2. The van der Waals surface area contributed by atoms with Crippen LogP contribution in [0.3, 0.4) is 0 Å². The van der Waals surface area contributed by atoms with Gasteiger partial charge in [0, 0.05) is 16.3 Å². The number of aromatic nitrogens is 1. The molecule has 2 aromatic carbocycles. The summed E-state index contributed by atoms with van der Waals surface area (Å²) < 4.78 is 5.47. The van der Waals surface area contributed by atoms with Gasteiger partial charge in [-0.2, -0.15) is 0 Å². The van der Waals surface area contributed by atoms with Gasteiger partial charge in [-0.05, 0) is 11.5 Å². The molecule has 4 unspecified atom stereocenters. The number of fused-ring (bicyclic) bond motifs is 6. The fourth-order valence-electron chi connectivity index (χ4n) is 3.38. The highest BCUT2D eigenvalue weighted by Crippen LogP contribution is 2.50. The predicted octanol–water partition coefficient (Wildman–Crippen LogP) is 2.24.